The van der Waals surface area contributed by atoms with Gasteiger partial charge in [-0.15, -0.1) is 0 Å². The molecule has 1 aliphatic rings. The summed E-state index contributed by atoms with van der Waals surface area (Å²) in [6.07, 6.45) is 3.76. The van der Waals surface area contributed by atoms with Crippen molar-refractivity contribution in [3.05, 3.63) is 53.0 Å². The molecule has 1 unspecified atom stereocenters. The van der Waals surface area contributed by atoms with Crippen LogP contribution in [0.4, 0.5) is 0 Å². The fraction of sp³-hybridized carbons (Fsp3) is 0.476. The van der Waals surface area contributed by atoms with Crippen LogP contribution >= 0.6 is 0 Å². The van der Waals surface area contributed by atoms with Crippen molar-refractivity contribution in [3.8, 4) is 11.6 Å². The van der Waals surface area contributed by atoms with E-state index < -0.39 is 10.8 Å². The molecule has 0 bridgehead atoms. The van der Waals surface area contributed by atoms with Gasteiger partial charge in [-0.05, 0) is 42.9 Å². The normalized spacial score (nSPS) is 16.5. The Morgan fingerprint density at radius 2 is 2.04 bits per heavy atom. The lowest BCUT2D eigenvalue weighted by molar-refractivity contribution is 0.413. The molecular weight excluding hydrogens is 372 g/mol. The van der Waals surface area contributed by atoms with E-state index in [0.29, 0.717) is 18.2 Å². The first-order valence-corrected chi connectivity index (χ1v) is 11.4. The fourth-order valence-corrected chi connectivity index (χ4v) is 4.08. The van der Waals surface area contributed by atoms with Crippen molar-refractivity contribution in [1.29, 1.82) is 0 Å². The zero-order valence-corrected chi connectivity index (χ0v) is 17.6. The average molecular weight is 399 g/mol. The van der Waals surface area contributed by atoms with E-state index in [0.717, 1.165) is 30.1 Å². The molecule has 1 aliphatic carbocycles. The number of aryl methyl sites for hydroxylation is 2. The van der Waals surface area contributed by atoms with E-state index in [4.69, 9.17) is 9.51 Å². The van der Waals surface area contributed by atoms with E-state index >= 15 is 0 Å². The molecule has 0 radical (unpaired) electrons. The third-order valence-corrected chi connectivity index (χ3v) is 6.22. The van der Waals surface area contributed by atoms with Crippen LogP contribution in [0.15, 0.2) is 34.9 Å². The maximum Gasteiger partial charge on any atom is 0.276 e. The van der Waals surface area contributed by atoms with Crippen molar-refractivity contribution in [2.75, 3.05) is 12.0 Å². The Bertz CT molecular complexity index is 1020. The molecular formula is C21H26N4O2S. The van der Waals surface area contributed by atoms with Gasteiger partial charge < -0.3 is 4.52 Å². The smallest absolute Gasteiger partial charge is 0.276 e. The molecule has 1 aromatic carbocycles. The van der Waals surface area contributed by atoms with Crippen molar-refractivity contribution < 1.29 is 8.73 Å². The molecule has 4 rings (SSSR count). The lowest BCUT2D eigenvalue weighted by Gasteiger charge is -2.13. The maximum absolute atomic E-state index is 11.6. The molecule has 0 amide bonds. The molecule has 7 heteroatoms. The number of nitrogens with zero attached hydrogens (tertiary/aromatic N) is 4. The zero-order valence-electron chi connectivity index (χ0n) is 16.8. The predicted molar refractivity (Wildman–Crippen MR) is 110 cm³/mol. The Morgan fingerprint density at radius 1 is 1.29 bits per heavy atom. The van der Waals surface area contributed by atoms with E-state index in [1.165, 1.54) is 11.1 Å². The molecule has 0 saturated heterocycles. The second kappa shape index (κ2) is 7.28. The molecule has 0 spiro atoms. The van der Waals surface area contributed by atoms with Crippen LogP contribution < -0.4 is 0 Å². The molecule has 6 nitrogen and oxygen atoms in total. The largest absolute Gasteiger partial charge is 0.332 e. The van der Waals surface area contributed by atoms with Crippen LogP contribution in [0.3, 0.4) is 0 Å². The van der Waals surface area contributed by atoms with Crippen molar-refractivity contribution >= 4 is 10.8 Å². The fourth-order valence-electron chi connectivity index (χ4n) is 3.65. The highest BCUT2D eigenvalue weighted by atomic mass is 32.2. The Labute approximate surface area is 167 Å². The van der Waals surface area contributed by atoms with Crippen LogP contribution in [0, 0.1) is 6.92 Å². The third kappa shape index (κ3) is 3.43. The number of hydrogen-bond acceptors (Lipinski definition) is 5. The topological polar surface area (TPSA) is 73.8 Å². The highest BCUT2D eigenvalue weighted by Crippen LogP contribution is 2.53. The number of rotatable bonds is 7. The van der Waals surface area contributed by atoms with Gasteiger partial charge in [-0.2, -0.15) is 10.1 Å². The molecule has 1 saturated carbocycles. The molecule has 0 N–H and O–H groups in total. The predicted octanol–water partition coefficient (Wildman–Crippen LogP) is 3.82. The number of hydrogen-bond donors (Lipinski definition) is 0. The highest BCUT2D eigenvalue weighted by molar-refractivity contribution is 7.84. The van der Waals surface area contributed by atoms with Crippen LogP contribution in [-0.2, 0) is 22.8 Å². The van der Waals surface area contributed by atoms with E-state index in [1.54, 1.807) is 6.26 Å². The van der Waals surface area contributed by atoms with E-state index in [2.05, 4.69) is 55.3 Å². The second-order valence-electron chi connectivity index (χ2n) is 7.93. The van der Waals surface area contributed by atoms with Crippen LogP contribution in [0.5, 0.6) is 0 Å². The number of benzene rings is 1. The highest BCUT2D eigenvalue weighted by Gasteiger charge is 2.50. The second-order valence-corrected chi connectivity index (χ2v) is 9.48. The lowest BCUT2D eigenvalue weighted by atomic mass is 9.91. The van der Waals surface area contributed by atoms with E-state index in [-0.39, 0.29) is 11.3 Å². The Balaban J connectivity index is 1.70. The van der Waals surface area contributed by atoms with Gasteiger partial charge in [0, 0.05) is 22.8 Å². The Kier molecular flexibility index (Phi) is 4.95. The SMILES string of the molecule is Cc1ccccc1C1(c2noc(-c3cc(C(C)C)nn3CCS(C)=O)n2)CC1. The maximum atomic E-state index is 11.6. The minimum absolute atomic E-state index is 0.135. The van der Waals surface area contributed by atoms with Gasteiger partial charge in [0.25, 0.3) is 5.89 Å². The summed E-state index contributed by atoms with van der Waals surface area (Å²) in [6.45, 7) is 6.90. The minimum Gasteiger partial charge on any atom is -0.332 e. The van der Waals surface area contributed by atoms with Gasteiger partial charge >= 0.3 is 0 Å². The average Bonchev–Trinajstić information content (AvgIpc) is 3.12. The van der Waals surface area contributed by atoms with Crippen LogP contribution in [0.1, 0.15) is 55.3 Å². The lowest BCUT2D eigenvalue weighted by Crippen LogP contribution is -2.13. The summed E-state index contributed by atoms with van der Waals surface area (Å²) in [5.41, 5.74) is 4.16. The Morgan fingerprint density at radius 3 is 2.68 bits per heavy atom. The minimum atomic E-state index is -0.886. The molecule has 1 atom stereocenters. The number of aromatic nitrogens is 4. The monoisotopic (exact) mass is 398 g/mol. The quantitative estimate of drug-likeness (QED) is 0.605. The van der Waals surface area contributed by atoms with E-state index in [9.17, 15) is 4.21 Å². The third-order valence-electron chi connectivity index (χ3n) is 5.46. The molecule has 0 aliphatic heterocycles. The Hall–Kier alpha value is -2.28. The van der Waals surface area contributed by atoms with E-state index in [1.807, 2.05) is 10.7 Å². The summed E-state index contributed by atoms with van der Waals surface area (Å²) in [4.78, 5) is 4.78. The van der Waals surface area contributed by atoms with Gasteiger partial charge in [0.05, 0.1) is 17.7 Å². The zero-order chi connectivity index (χ0) is 19.9. The van der Waals surface area contributed by atoms with Crippen LogP contribution in [0.25, 0.3) is 11.6 Å². The van der Waals surface area contributed by atoms with Gasteiger partial charge in [0.15, 0.2) is 5.82 Å². The van der Waals surface area contributed by atoms with Crippen LogP contribution in [0.2, 0.25) is 0 Å². The molecule has 3 aromatic rings. The van der Waals surface area contributed by atoms with Crippen molar-refractivity contribution in [2.45, 2.75) is 51.5 Å². The van der Waals surface area contributed by atoms with Crippen molar-refractivity contribution in [1.82, 2.24) is 19.9 Å². The molecule has 2 aromatic heterocycles. The van der Waals surface area contributed by atoms with Crippen LogP contribution in [-0.4, -0.2) is 36.1 Å². The van der Waals surface area contributed by atoms with Crippen molar-refractivity contribution in [2.24, 2.45) is 0 Å². The molecule has 148 valence electrons. The van der Waals surface area contributed by atoms with Gasteiger partial charge in [-0.25, -0.2) is 0 Å². The first kappa shape index (κ1) is 19.1. The summed E-state index contributed by atoms with van der Waals surface area (Å²) < 4.78 is 19.1. The summed E-state index contributed by atoms with van der Waals surface area (Å²) in [7, 11) is -0.886. The summed E-state index contributed by atoms with van der Waals surface area (Å²) in [6, 6.07) is 10.4. The molecule has 2 heterocycles. The van der Waals surface area contributed by atoms with Gasteiger partial charge in [0.2, 0.25) is 0 Å². The first-order chi connectivity index (χ1) is 13.4. The standard InChI is InChI=1S/C21H26N4O2S/c1-14(2)17-13-18(25(23-17)11-12-28(4)26)19-22-20(24-27-19)21(9-10-21)16-8-6-5-7-15(16)3/h5-8,13-14H,9-12H2,1-4H3. The van der Waals surface area contributed by atoms with Crippen molar-refractivity contribution in [3.63, 3.8) is 0 Å². The first-order valence-electron chi connectivity index (χ1n) is 9.69. The molecule has 1 fully saturated rings. The summed E-state index contributed by atoms with van der Waals surface area (Å²) in [5.74, 6) is 2.06. The van der Waals surface area contributed by atoms with Gasteiger partial charge in [0.1, 0.15) is 5.69 Å². The van der Waals surface area contributed by atoms with Gasteiger partial charge in [-0.1, -0.05) is 43.3 Å². The molecule has 28 heavy (non-hydrogen) atoms. The van der Waals surface area contributed by atoms with Gasteiger partial charge in [-0.3, -0.25) is 8.89 Å². The summed E-state index contributed by atoms with van der Waals surface area (Å²) in [5, 5.41) is 9.02. The summed E-state index contributed by atoms with van der Waals surface area (Å²) >= 11 is 0.